The lowest BCUT2D eigenvalue weighted by Gasteiger charge is -2.38. The Hall–Kier alpha value is -2.17. The second kappa shape index (κ2) is 5.45. The zero-order valence-corrected chi connectivity index (χ0v) is 11.1. The number of carboxylic acid groups (broad SMARTS) is 1. The van der Waals surface area contributed by atoms with Crippen LogP contribution in [0.4, 0.5) is 4.39 Å². The summed E-state index contributed by atoms with van der Waals surface area (Å²) >= 11 is 0. The largest absolute Gasteiger partial charge is 0.480 e. The number of hydrogen-bond acceptors (Lipinski definition) is 2. The minimum atomic E-state index is -1.12. The van der Waals surface area contributed by atoms with Crippen LogP contribution < -0.4 is 5.32 Å². The number of aliphatic carboxylic acids is 1. The van der Waals surface area contributed by atoms with Crippen molar-refractivity contribution >= 4 is 18.0 Å². The van der Waals surface area contributed by atoms with Gasteiger partial charge in [-0.15, -0.1) is 0 Å². The van der Waals surface area contributed by atoms with E-state index in [-0.39, 0.29) is 5.82 Å². The Bertz CT molecular complexity index is 559. The quantitative estimate of drug-likeness (QED) is 0.830. The normalized spacial score (nSPS) is 17.2. The number of nitrogens with one attached hydrogen (secondary N) is 1. The van der Waals surface area contributed by atoms with Crippen LogP contribution in [-0.4, -0.2) is 22.5 Å². The second-order valence-corrected chi connectivity index (χ2v) is 5.07. The van der Waals surface area contributed by atoms with E-state index in [9.17, 15) is 14.0 Å². The zero-order chi connectivity index (χ0) is 14.8. The van der Waals surface area contributed by atoms with E-state index in [0.29, 0.717) is 24.0 Å². The molecule has 1 fully saturated rings. The number of halogens is 1. The molecule has 0 saturated heterocycles. The molecule has 2 N–H and O–H groups in total. The number of carbonyl (C=O) groups is 2. The van der Waals surface area contributed by atoms with Gasteiger partial charge in [-0.05, 0) is 50.0 Å². The SMILES string of the molecule is CC(=Cc1ccc(F)cc1)C(=O)NC1(C(=O)O)CCC1. The lowest BCUT2D eigenvalue weighted by molar-refractivity contribution is -0.151. The van der Waals surface area contributed by atoms with Crippen molar-refractivity contribution in [3.8, 4) is 0 Å². The fraction of sp³-hybridized carbons (Fsp3) is 0.333. The maximum atomic E-state index is 12.8. The maximum absolute atomic E-state index is 12.8. The van der Waals surface area contributed by atoms with E-state index in [1.165, 1.54) is 12.1 Å². The van der Waals surface area contributed by atoms with E-state index >= 15 is 0 Å². The van der Waals surface area contributed by atoms with Crippen LogP contribution in [0.25, 0.3) is 6.08 Å². The van der Waals surface area contributed by atoms with E-state index in [0.717, 1.165) is 6.42 Å². The average Bonchev–Trinajstić information content (AvgIpc) is 2.35. The second-order valence-electron chi connectivity index (χ2n) is 5.07. The van der Waals surface area contributed by atoms with Crippen molar-refractivity contribution in [2.45, 2.75) is 31.7 Å². The summed E-state index contributed by atoms with van der Waals surface area (Å²) in [6.07, 6.45) is 3.31. The summed E-state index contributed by atoms with van der Waals surface area (Å²) in [5.41, 5.74) is -0.0317. The van der Waals surface area contributed by atoms with Gasteiger partial charge >= 0.3 is 5.97 Å². The highest BCUT2D eigenvalue weighted by molar-refractivity contribution is 6.00. The van der Waals surface area contributed by atoms with Gasteiger partial charge in [0.05, 0.1) is 0 Å². The van der Waals surface area contributed by atoms with Gasteiger partial charge in [0, 0.05) is 5.57 Å². The Morgan fingerprint density at radius 2 is 1.90 bits per heavy atom. The molecule has 0 atom stereocenters. The minimum Gasteiger partial charge on any atom is -0.480 e. The Morgan fingerprint density at radius 3 is 2.35 bits per heavy atom. The van der Waals surface area contributed by atoms with Crippen molar-refractivity contribution in [2.24, 2.45) is 0 Å². The van der Waals surface area contributed by atoms with Crippen LogP contribution in [0.5, 0.6) is 0 Å². The molecule has 20 heavy (non-hydrogen) atoms. The molecule has 0 unspecified atom stereocenters. The average molecular weight is 277 g/mol. The summed E-state index contributed by atoms with van der Waals surface area (Å²) < 4.78 is 12.8. The monoisotopic (exact) mass is 277 g/mol. The smallest absolute Gasteiger partial charge is 0.329 e. The lowest BCUT2D eigenvalue weighted by Crippen LogP contribution is -2.59. The van der Waals surface area contributed by atoms with Crippen molar-refractivity contribution in [3.63, 3.8) is 0 Å². The zero-order valence-electron chi connectivity index (χ0n) is 11.1. The predicted molar refractivity (Wildman–Crippen MR) is 72.4 cm³/mol. The Balaban J connectivity index is 2.08. The van der Waals surface area contributed by atoms with Crippen LogP contribution in [0.1, 0.15) is 31.7 Å². The molecular weight excluding hydrogens is 261 g/mol. The van der Waals surface area contributed by atoms with Crippen molar-refractivity contribution in [1.82, 2.24) is 5.32 Å². The molecule has 1 saturated carbocycles. The highest BCUT2D eigenvalue weighted by atomic mass is 19.1. The molecule has 0 heterocycles. The summed E-state index contributed by atoms with van der Waals surface area (Å²) in [7, 11) is 0. The number of carbonyl (C=O) groups excluding carboxylic acids is 1. The van der Waals surface area contributed by atoms with Gasteiger partial charge in [-0.1, -0.05) is 12.1 Å². The van der Waals surface area contributed by atoms with Gasteiger partial charge in [-0.3, -0.25) is 4.79 Å². The highest BCUT2D eigenvalue weighted by Crippen LogP contribution is 2.32. The summed E-state index contributed by atoms with van der Waals surface area (Å²) in [6.45, 7) is 1.60. The summed E-state index contributed by atoms with van der Waals surface area (Å²) in [5, 5.41) is 11.7. The molecule has 0 radical (unpaired) electrons. The summed E-state index contributed by atoms with van der Waals surface area (Å²) in [5.74, 6) is -1.74. The highest BCUT2D eigenvalue weighted by Gasteiger charge is 2.45. The Kier molecular flexibility index (Phi) is 3.88. The van der Waals surface area contributed by atoms with E-state index in [4.69, 9.17) is 5.11 Å². The lowest BCUT2D eigenvalue weighted by atomic mass is 9.76. The number of hydrogen-bond donors (Lipinski definition) is 2. The van der Waals surface area contributed by atoms with Crippen LogP contribution in [0.2, 0.25) is 0 Å². The minimum absolute atomic E-state index is 0.344. The molecule has 0 aliphatic heterocycles. The van der Waals surface area contributed by atoms with Crippen molar-refractivity contribution < 1.29 is 19.1 Å². The Morgan fingerprint density at radius 1 is 1.30 bits per heavy atom. The van der Waals surface area contributed by atoms with Gasteiger partial charge in [-0.25, -0.2) is 9.18 Å². The molecule has 1 aromatic carbocycles. The third-order valence-corrected chi connectivity index (χ3v) is 3.58. The van der Waals surface area contributed by atoms with Gasteiger partial charge in [0.15, 0.2) is 0 Å². The van der Waals surface area contributed by atoms with Crippen LogP contribution in [0.15, 0.2) is 29.8 Å². The number of rotatable bonds is 4. The fourth-order valence-electron chi connectivity index (χ4n) is 2.11. The van der Waals surface area contributed by atoms with Gasteiger partial charge in [0.2, 0.25) is 5.91 Å². The molecular formula is C15H16FNO3. The van der Waals surface area contributed by atoms with Gasteiger partial charge in [-0.2, -0.15) is 0 Å². The van der Waals surface area contributed by atoms with E-state index in [2.05, 4.69) is 5.32 Å². The van der Waals surface area contributed by atoms with Crippen LogP contribution in [0, 0.1) is 5.82 Å². The predicted octanol–water partition coefficient (Wildman–Crippen LogP) is 2.35. The first-order chi connectivity index (χ1) is 9.43. The van der Waals surface area contributed by atoms with Crippen molar-refractivity contribution in [2.75, 3.05) is 0 Å². The molecule has 106 valence electrons. The van der Waals surface area contributed by atoms with E-state index < -0.39 is 17.4 Å². The van der Waals surface area contributed by atoms with Gasteiger partial charge in [0.1, 0.15) is 11.4 Å². The Labute approximate surface area is 116 Å². The number of carboxylic acids is 1. The molecule has 1 aliphatic carbocycles. The van der Waals surface area contributed by atoms with Crippen LogP contribution in [-0.2, 0) is 9.59 Å². The maximum Gasteiger partial charge on any atom is 0.329 e. The molecule has 1 aromatic rings. The fourth-order valence-corrected chi connectivity index (χ4v) is 2.11. The van der Waals surface area contributed by atoms with Gasteiger partial charge in [0.25, 0.3) is 0 Å². The first kappa shape index (κ1) is 14.2. The van der Waals surface area contributed by atoms with E-state index in [1.54, 1.807) is 25.1 Å². The standard InChI is InChI=1S/C15H16FNO3/c1-10(9-11-3-5-12(16)6-4-11)13(18)17-15(14(19)20)7-2-8-15/h3-6,9H,2,7-8H2,1H3,(H,17,18)(H,19,20). The van der Waals surface area contributed by atoms with E-state index in [1.807, 2.05) is 0 Å². The molecule has 0 aromatic heterocycles. The van der Waals surface area contributed by atoms with Crippen LogP contribution >= 0.6 is 0 Å². The number of amides is 1. The first-order valence-electron chi connectivity index (χ1n) is 6.43. The van der Waals surface area contributed by atoms with Crippen molar-refractivity contribution in [3.05, 3.63) is 41.2 Å². The third kappa shape index (κ3) is 2.87. The number of benzene rings is 1. The molecule has 0 bridgehead atoms. The molecule has 2 rings (SSSR count). The molecule has 4 nitrogen and oxygen atoms in total. The van der Waals surface area contributed by atoms with Crippen LogP contribution in [0.3, 0.4) is 0 Å². The molecule has 1 amide bonds. The molecule has 0 spiro atoms. The summed E-state index contributed by atoms with van der Waals surface area (Å²) in [4.78, 5) is 23.2. The first-order valence-corrected chi connectivity index (χ1v) is 6.43. The van der Waals surface area contributed by atoms with Crippen molar-refractivity contribution in [1.29, 1.82) is 0 Å². The molecule has 5 heteroatoms. The third-order valence-electron chi connectivity index (χ3n) is 3.58. The summed E-state index contributed by atoms with van der Waals surface area (Å²) in [6, 6.07) is 5.73. The molecule has 1 aliphatic rings. The van der Waals surface area contributed by atoms with Gasteiger partial charge < -0.3 is 10.4 Å². The topological polar surface area (TPSA) is 66.4 Å².